The van der Waals surface area contributed by atoms with E-state index in [0.717, 1.165) is 34.0 Å². The van der Waals surface area contributed by atoms with Gasteiger partial charge in [-0.25, -0.2) is 13.8 Å². The van der Waals surface area contributed by atoms with Gasteiger partial charge in [0.05, 0.1) is 24.0 Å². The maximum Gasteiger partial charge on any atom is 0.266 e. The van der Waals surface area contributed by atoms with Crippen molar-refractivity contribution < 1.29 is 23.2 Å². The van der Waals surface area contributed by atoms with E-state index in [1.165, 1.54) is 12.4 Å². The minimum Gasteiger partial charge on any atom is -0.358 e. The number of nitrogens with one attached hydrogen (secondary N) is 4. The fourth-order valence-corrected chi connectivity index (χ4v) is 5.34. The molecule has 4 N–H and O–H groups in total. The highest BCUT2D eigenvalue weighted by atomic mass is 19.2. The molecule has 248 valence electrons. The van der Waals surface area contributed by atoms with Crippen molar-refractivity contribution in [2.24, 2.45) is 0 Å². The number of benzene rings is 2. The van der Waals surface area contributed by atoms with Gasteiger partial charge in [-0.2, -0.15) is 0 Å². The summed E-state index contributed by atoms with van der Waals surface area (Å²) in [6.45, 7) is 4.91. The Balaban J connectivity index is 1.23. The number of halogens is 2. The Kier molecular flexibility index (Phi) is 10.1. The minimum absolute atomic E-state index is 0.0877. The fraction of sp³-hybridized carbons (Fsp3) is 0.229. The number of hydrogen-bond donors (Lipinski definition) is 4. The van der Waals surface area contributed by atoms with E-state index in [9.17, 15) is 28.0 Å². The van der Waals surface area contributed by atoms with Gasteiger partial charge in [0.1, 0.15) is 5.56 Å². The molecule has 1 aliphatic heterocycles. The quantitative estimate of drug-likeness (QED) is 0.182. The van der Waals surface area contributed by atoms with Crippen LogP contribution in [-0.4, -0.2) is 70.9 Å². The summed E-state index contributed by atoms with van der Waals surface area (Å²) in [7, 11) is 3.87. The average Bonchev–Trinajstić information content (AvgIpc) is 3.50. The topological polar surface area (TPSA) is 141 Å². The number of carbonyl (C=O) groups excluding carboxylic acids is 3. The van der Waals surface area contributed by atoms with Crippen LogP contribution in [0, 0.1) is 25.5 Å². The number of aromatic amines is 1. The third-order valence-electron chi connectivity index (χ3n) is 7.84. The van der Waals surface area contributed by atoms with E-state index in [1.54, 1.807) is 24.3 Å². The summed E-state index contributed by atoms with van der Waals surface area (Å²) < 4.78 is 28.0. The lowest BCUT2D eigenvalue weighted by Gasteiger charge is -2.10. The Morgan fingerprint density at radius 1 is 1.02 bits per heavy atom. The van der Waals surface area contributed by atoms with Gasteiger partial charge in [-0.3, -0.25) is 23.7 Å². The summed E-state index contributed by atoms with van der Waals surface area (Å²) in [4.78, 5) is 60.5. The Bertz CT molecular complexity index is 2030. The maximum atomic E-state index is 13.6. The molecule has 0 saturated carbocycles. The van der Waals surface area contributed by atoms with Gasteiger partial charge in [0.2, 0.25) is 0 Å². The van der Waals surface area contributed by atoms with Gasteiger partial charge < -0.3 is 25.8 Å². The molecule has 0 spiro atoms. The second-order valence-electron chi connectivity index (χ2n) is 11.6. The fourth-order valence-electron chi connectivity index (χ4n) is 5.34. The van der Waals surface area contributed by atoms with Gasteiger partial charge >= 0.3 is 0 Å². The molecule has 13 heteroatoms. The van der Waals surface area contributed by atoms with Crippen LogP contribution in [0.5, 0.6) is 0 Å². The van der Waals surface area contributed by atoms with Crippen LogP contribution in [0.1, 0.15) is 54.4 Å². The minimum atomic E-state index is -1.04. The summed E-state index contributed by atoms with van der Waals surface area (Å²) in [5.74, 6) is -3.12. The maximum absolute atomic E-state index is 13.6. The molecule has 0 fully saturated rings. The highest BCUT2D eigenvalue weighted by Gasteiger charge is 2.26. The molecule has 2 aromatic carbocycles. The number of hydrogen-bond acceptors (Lipinski definition) is 6. The summed E-state index contributed by atoms with van der Waals surface area (Å²) in [6.07, 6.45) is 7.57. The first-order chi connectivity index (χ1) is 22.9. The lowest BCUT2D eigenvalue weighted by Crippen LogP contribution is -2.33. The molecule has 2 aromatic heterocycles. The summed E-state index contributed by atoms with van der Waals surface area (Å²) >= 11 is 0. The molecule has 0 bridgehead atoms. The third-order valence-corrected chi connectivity index (χ3v) is 7.84. The number of H-pyrrole nitrogens is 1. The summed E-state index contributed by atoms with van der Waals surface area (Å²) in [6, 6.07) is 8.76. The van der Waals surface area contributed by atoms with Gasteiger partial charge in [-0.05, 0) is 68.9 Å². The van der Waals surface area contributed by atoms with Gasteiger partial charge in [0, 0.05) is 48.5 Å². The zero-order valence-corrected chi connectivity index (χ0v) is 26.9. The van der Waals surface area contributed by atoms with E-state index >= 15 is 0 Å². The molecular weight excluding hydrogens is 620 g/mol. The van der Waals surface area contributed by atoms with E-state index in [4.69, 9.17) is 0 Å². The van der Waals surface area contributed by atoms with Crippen LogP contribution in [0.2, 0.25) is 0 Å². The second-order valence-corrected chi connectivity index (χ2v) is 11.6. The second kappa shape index (κ2) is 14.4. The standard InChI is InChI=1S/C35H35F2N7O4/c1-20-29(41-21(2)31(20)34(47)40-12-13-43(3)4)16-25-24-9-7-22(15-30(24)42-33(25)46)6-5-11-39-32(45)26-17-38-19-44(35(26)48)18-23-8-10-27(36)28(37)14-23/h5-10,14-17,19,41H,11-13,18H2,1-4H3,(H,39,45)(H,40,47)(H,42,46)/b6-5+,25-16?. The number of carbonyl (C=O) groups is 3. The largest absolute Gasteiger partial charge is 0.358 e. The summed E-state index contributed by atoms with van der Waals surface area (Å²) in [5.41, 5.74) is 4.77. The smallest absolute Gasteiger partial charge is 0.266 e. The number of aromatic nitrogens is 3. The van der Waals surface area contributed by atoms with Crippen molar-refractivity contribution in [3.05, 3.63) is 122 Å². The molecule has 1 aliphatic rings. The van der Waals surface area contributed by atoms with Crippen LogP contribution in [0.3, 0.4) is 0 Å². The lowest BCUT2D eigenvalue weighted by atomic mass is 10.0. The Morgan fingerprint density at radius 2 is 1.81 bits per heavy atom. The highest BCUT2D eigenvalue weighted by molar-refractivity contribution is 6.35. The van der Waals surface area contributed by atoms with Gasteiger partial charge in [0.25, 0.3) is 23.3 Å². The Morgan fingerprint density at radius 3 is 2.56 bits per heavy atom. The normalized spacial score (nSPS) is 13.3. The monoisotopic (exact) mass is 655 g/mol. The number of amides is 3. The van der Waals surface area contributed by atoms with Crippen LogP contribution < -0.4 is 21.5 Å². The Hall–Kier alpha value is -5.69. The number of anilines is 1. The molecule has 3 heterocycles. The van der Waals surface area contributed by atoms with Crippen LogP contribution in [0.25, 0.3) is 17.7 Å². The number of aryl methyl sites for hydroxylation is 1. The van der Waals surface area contributed by atoms with Crippen molar-refractivity contribution in [3.8, 4) is 0 Å². The third kappa shape index (κ3) is 7.47. The van der Waals surface area contributed by atoms with Crippen LogP contribution >= 0.6 is 0 Å². The van der Waals surface area contributed by atoms with E-state index < -0.39 is 23.1 Å². The van der Waals surface area contributed by atoms with E-state index in [0.29, 0.717) is 52.4 Å². The molecular formula is C35H35F2N7O4. The van der Waals surface area contributed by atoms with Crippen LogP contribution in [0.15, 0.2) is 59.8 Å². The van der Waals surface area contributed by atoms with E-state index in [2.05, 4.69) is 25.9 Å². The zero-order chi connectivity index (χ0) is 34.5. The lowest BCUT2D eigenvalue weighted by molar-refractivity contribution is -0.110. The van der Waals surface area contributed by atoms with Crippen molar-refractivity contribution in [3.63, 3.8) is 0 Å². The van der Waals surface area contributed by atoms with Gasteiger partial charge in [-0.1, -0.05) is 30.4 Å². The van der Waals surface area contributed by atoms with Crippen molar-refractivity contribution in [2.75, 3.05) is 39.0 Å². The first kappa shape index (κ1) is 33.7. The number of likely N-dealkylation sites (N-methyl/N-ethyl adjacent to an activating group) is 1. The summed E-state index contributed by atoms with van der Waals surface area (Å²) in [5, 5.41) is 8.46. The molecule has 5 rings (SSSR count). The molecule has 0 atom stereocenters. The molecule has 0 aliphatic carbocycles. The van der Waals surface area contributed by atoms with Crippen molar-refractivity contribution >= 4 is 41.1 Å². The van der Waals surface area contributed by atoms with Gasteiger partial charge in [-0.15, -0.1) is 0 Å². The molecule has 0 radical (unpaired) electrons. The molecule has 0 unspecified atom stereocenters. The van der Waals surface area contributed by atoms with Crippen molar-refractivity contribution in [2.45, 2.75) is 20.4 Å². The van der Waals surface area contributed by atoms with Crippen molar-refractivity contribution in [1.82, 2.24) is 30.1 Å². The Labute approximate surface area is 275 Å². The predicted molar refractivity (Wildman–Crippen MR) is 179 cm³/mol. The molecule has 4 aromatic rings. The average molecular weight is 656 g/mol. The predicted octanol–water partition coefficient (Wildman–Crippen LogP) is 3.74. The number of fused-ring (bicyclic) bond motifs is 1. The van der Waals surface area contributed by atoms with Crippen LogP contribution in [0.4, 0.5) is 14.5 Å². The van der Waals surface area contributed by atoms with E-state index in [1.807, 2.05) is 45.0 Å². The van der Waals surface area contributed by atoms with Crippen molar-refractivity contribution in [1.29, 1.82) is 0 Å². The zero-order valence-electron chi connectivity index (χ0n) is 26.9. The highest BCUT2D eigenvalue weighted by Crippen LogP contribution is 2.35. The molecule has 3 amide bonds. The van der Waals surface area contributed by atoms with Crippen LogP contribution in [-0.2, 0) is 11.3 Å². The molecule has 11 nitrogen and oxygen atoms in total. The SMILES string of the molecule is Cc1[nH]c(C=C2C(=O)Nc3cc(/C=C/CNC(=O)c4cncn(Cc5ccc(F)c(F)c5)c4=O)ccc32)c(C)c1C(=O)NCCN(C)C. The van der Waals surface area contributed by atoms with E-state index in [-0.39, 0.29) is 30.5 Å². The first-order valence-electron chi connectivity index (χ1n) is 15.2. The number of rotatable bonds is 11. The molecule has 0 saturated heterocycles. The van der Waals surface area contributed by atoms with Gasteiger partial charge in [0.15, 0.2) is 11.6 Å². The first-order valence-corrected chi connectivity index (χ1v) is 15.2. The number of nitrogens with zero attached hydrogens (tertiary/aromatic N) is 3. The molecule has 48 heavy (non-hydrogen) atoms.